The van der Waals surface area contributed by atoms with Crippen LogP contribution in [0.2, 0.25) is 0 Å². The number of carbonyl (C=O) groups is 1. The number of hydrogen-bond acceptors (Lipinski definition) is 4. The highest BCUT2D eigenvalue weighted by molar-refractivity contribution is 5.74. The first-order chi connectivity index (χ1) is 14.1. The van der Waals surface area contributed by atoms with Crippen LogP contribution in [0.5, 0.6) is 5.75 Å². The molecular weight excluding hydrogens is 401 g/mol. The van der Waals surface area contributed by atoms with Crippen LogP contribution in [0.15, 0.2) is 36.7 Å². The fraction of sp³-hybridized carbons (Fsp3) is 0.500. The summed E-state index contributed by atoms with van der Waals surface area (Å²) >= 11 is 0. The number of aromatic hydroxyl groups is 1. The Bertz CT molecular complexity index is 861. The molecule has 3 N–H and O–H groups in total. The van der Waals surface area contributed by atoms with Gasteiger partial charge in [-0.05, 0) is 36.5 Å². The van der Waals surface area contributed by atoms with Gasteiger partial charge in [-0.15, -0.1) is 0 Å². The highest BCUT2D eigenvalue weighted by Crippen LogP contribution is 2.40. The maximum absolute atomic E-state index is 13.5. The molecular formula is C20H25F3N4O3. The summed E-state index contributed by atoms with van der Waals surface area (Å²) in [6.45, 7) is 0.597. The second kappa shape index (κ2) is 8.55. The van der Waals surface area contributed by atoms with Crippen molar-refractivity contribution in [3.05, 3.63) is 48.0 Å². The number of halogens is 3. The Morgan fingerprint density at radius 3 is 2.40 bits per heavy atom. The largest absolute Gasteiger partial charge is 0.508 e. The zero-order chi connectivity index (χ0) is 21.9. The number of urea groups is 1. The number of alkyl halides is 3. The minimum Gasteiger partial charge on any atom is -0.508 e. The van der Waals surface area contributed by atoms with Crippen molar-refractivity contribution in [1.29, 1.82) is 0 Å². The van der Waals surface area contributed by atoms with Crippen LogP contribution in [0.4, 0.5) is 18.0 Å². The Hall–Kier alpha value is -2.75. The maximum atomic E-state index is 13.5. The molecule has 1 aromatic carbocycles. The number of carbonyl (C=O) groups excluding carboxylic acids is 1. The number of phenolic OH excluding ortho intramolecular Hbond substituents is 1. The molecule has 1 aliphatic heterocycles. The third-order valence-electron chi connectivity index (χ3n) is 5.57. The van der Waals surface area contributed by atoms with Crippen molar-refractivity contribution in [2.24, 2.45) is 7.05 Å². The van der Waals surface area contributed by atoms with E-state index in [-0.39, 0.29) is 18.2 Å². The molecule has 164 valence electrons. The Morgan fingerprint density at radius 2 is 1.87 bits per heavy atom. The highest BCUT2D eigenvalue weighted by Gasteiger charge is 2.57. The van der Waals surface area contributed by atoms with Gasteiger partial charge in [0.25, 0.3) is 0 Å². The average Bonchev–Trinajstić information content (AvgIpc) is 3.14. The van der Waals surface area contributed by atoms with Crippen LogP contribution in [0.25, 0.3) is 0 Å². The number of aliphatic hydroxyl groups is 1. The number of aryl methyl sites for hydroxylation is 1. The third-order valence-corrected chi connectivity index (χ3v) is 5.57. The first-order valence-electron chi connectivity index (χ1n) is 9.70. The lowest BCUT2D eigenvalue weighted by Gasteiger charge is -2.33. The van der Waals surface area contributed by atoms with Crippen molar-refractivity contribution in [2.45, 2.75) is 37.0 Å². The van der Waals surface area contributed by atoms with Crippen LogP contribution in [-0.2, 0) is 12.6 Å². The predicted octanol–water partition coefficient (Wildman–Crippen LogP) is 2.85. The zero-order valence-corrected chi connectivity index (χ0v) is 16.6. The molecule has 7 nitrogen and oxygen atoms in total. The molecule has 1 aliphatic rings. The highest BCUT2D eigenvalue weighted by atomic mass is 19.4. The van der Waals surface area contributed by atoms with Crippen molar-refractivity contribution in [2.75, 3.05) is 19.6 Å². The first kappa shape index (κ1) is 21.9. The molecule has 2 amide bonds. The van der Waals surface area contributed by atoms with Gasteiger partial charge in [0.1, 0.15) is 11.6 Å². The molecule has 1 atom stereocenters. The van der Waals surface area contributed by atoms with Crippen LogP contribution in [0.3, 0.4) is 0 Å². The van der Waals surface area contributed by atoms with Gasteiger partial charge in [0, 0.05) is 45.5 Å². The van der Waals surface area contributed by atoms with Crippen LogP contribution in [0, 0.1) is 0 Å². The van der Waals surface area contributed by atoms with E-state index in [2.05, 4.69) is 10.3 Å². The molecule has 10 heteroatoms. The Labute approximate surface area is 172 Å². The van der Waals surface area contributed by atoms with E-state index in [4.69, 9.17) is 0 Å². The molecule has 1 aromatic heterocycles. The fourth-order valence-corrected chi connectivity index (χ4v) is 3.77. The second-order valence-electron chi connectivity index (χ2n) is 7.55. The molecule has 0 radical (unpaired) electrons. The van der Waals surface area contributed by atoms with Gasteiger partial charge in [-0.3, -0.25) is 0 Å². The van der Waals surface area contributed by atoms with E-state index in [0.717, 1.165) is 23.0 Å². The normalized spacial score (nSPS) is 17.6. The molecule has 2 aromatic rings. The Balaban J connectivity index is 1.53. The molecule has 0 spiro atoms. The van der Waals surface area contributed by atoms with Gasteiger partial charge < -0.3 is 25.0 Å². The van der Waals surface area contributed by atoms with Crippen molar-refractivity contribution in [3.8, 4) is 5.75 Å². The van der Waals surface area contributed by atoms with Crippen LogP contribution in [0.1, 0.15) is 36.6 Å². The topological polar surface area (TPSA) is 90.6 Å². The number of benzene rings is 1. The van der Waals surface area contributed by atoms with Crippen molar-refractivity contribution in [3.63, 3.8) is 0 Å². The van der Waals surface area contributed by atoms with Crippen LogP contribution < -0.4 is 5.32 Å². The summed E-state index contributed by atoms with van der Waals surface area (Å²) < 4.78 is 41.7. The Kier molecular flexibility index (Phi) is 6.25. The van der Waals surface area contributed by atoms with E-state index < -0.39 is 30.1 Å². The lowest BCUT2D eigenvalue weighted by molar-refractivity contribution is -0.272. The van der Waals surface area contributed by atoms with Crippen LogP contribution in [-0.4, -0.2) is 56.5 Å². The third kappa shape index (κ3) is 4.53. The number of likely N-dealkylation sites (tertiary alicyclic amines) is 1. The molecule has 30 heavy (non-hydrogen) atoms. The first-order valence-corrected chi connectivity index (χ1v) is 9.70. The summed E-state index contributed by atoms with van der Waals surface area (Å²) in [6, 6.07) is 6.50. The van der Waals surface area contributed by atoms with Gasteiger partial charge in [-0.25, -0.2) is 9.78 Å². The van der Waals surface area contributed by atoms with Gasteiger partial charge >= 0.3 is 12.2 Å². The van der Waals surface area contributed by atoms with E-state index >= 15 is 0 Å². The summed E-state index contributed by atoms with van der Waals surface area (Å²) in [7, 11) is 1.37. The van der Waals surface area contributed by atoms with E-state index in [9.17, 15) is 28.2 Å². The second-order valence-corrected chi connectivity index (χ2v) is 7.55. The van der Waals surface area contributed by atoms with Crippen LogP contribution >= 0.6 is 0 Å². The molecule has 0 saturated carbocycles. The quantitative estimate of drug-likeness (QED) is 0.686. The molecule has 2 heterocycles. The lowest BCUT2D eigenvalue weighted by atomic mass is 9.89. The standard InChI is InChI=1S/C20H25F3N4O3/c1-26-13-10-24-17(26)19(30,20(21,22)23)8-9-25-18(29)27-11-6-15(7-12-27)14-2-4-16(28)5-3-14/h2-5,10,13,15,28,30H,6-9,11-12H2,1H3,(H,25,29). The minimum atomic E-state index is -4.93. The summed E-state index contributed by atoms with van der Waals surface area (Å²) in [5, 5.41) is 22.2. The van der Waals surface area contributed by atoms with E-state index in [0.29, 0.717) is 13.1 Å². The summed E-state index contributed by atoms with van der Waals surface area (Å²) in [6.07, 6.45) is -1.72. The molecule has 0 bridgehead atoms. The molecule has 1 saturated heterocycles. The molecule has 3 rings (SSSR count). The number of piperidine rings is 1. The number of imidazole rings is 1. The van der Waals surface area contributed by atoms with Gasteiger partial charge in [0.2, 0.25) is 5.60 Å². The summed E-state index contributed by atoms with van der Waals surface area (Å²) in [4.78, 5) is 17.6. The number of amides is 2. The maximum Gasteiger partial charge on any atom is 0.424 e. The Morgan fingerprint density at radius 1 is 1.23 bits per heavy atom. The summed E-state index contributed by atoms with van der Waals surface area (Å²) in [5.41, 5.74) is -2.07. The summed E-state index contributed by atoms with van der Waals surface area (Å²) in [5.74, 6) is -0.0627. The number of aromatic nitrogens is 2. The predicted molar refractivity (Wildman–Crippen MR) is 103 cm³/mol. The zero-order valence-electron chi connectivity index (χ0n) is 16.6. The van der Waals surface area contributed by atoms with E-state index in [1.165, 1.54) is 19.4 Å². The number of rotatable bonds is 5. The molecule has 1 fully saturated rings. The van der Waals surface area contributed by atoms with Crippen molar-refractivity contribution >= 4 is 6.03 Å². The number of nitrogens with zero attached hydrogens (tertiary/aromatic N) is 3. The smallest absolute Gasteiger partial charge is 0.424 e. The SMILES string of the molecule is Cn1ccnc1C(O)(CCNC(=O)N1CCC(c2ccc(O)cc2)CC1)C(F)(F)F. The van der Waals surface area contributed by atoms with E-state index in [1.54, 1.807) is 17.0 Å². The molecule has 1 unspecified atom stereocenters. The van der Waals surface area contributed by atoms with Gasteiger partial charge in [-0.1, -0.05) is 12.1 Å². The minimum absolute atomic E-state index is 0.194. The van der Waals surface area contributed by atoms with Gasteiger partial charge in [0.15, 0.2) is 0 Å². The number of hydrogen-bond donors (Lipinski definition) is 3. The van der Waals surface area contributed by atoms with E-state index in [1.807, 2.05) is 12.1 Å². The monoisotopic (exact) mass is 426 g/mol. The fourth-order valence-electron chi connectivity index (χ4n) is 3.77. The average molecular weight is 426 g/mol. The molecule has 0 aliphatic carbocycles. The van der Waals surface area contributed by atoms with Crippen molar-refractivity contribution < 1.29 is 28.2 Å². The van der Waals surface area contributed by atoms with Gasteiger partial charge in [-0.2, -0.15) is 13.2 Å². The van der Waals surface area contributed by atoms with Crippen molar-refractivity contribution in [1.82, 2.24) is 19.8 Å². The van der Waals surface area contributed by atoms with Gasteiger partial charge in [0.05, 0.1) is 0 Å². The lowest BCUT2D eigenvalue weighted by Crippen LogP contribution is -2.49. The number of phenols is 1. The number of nitrogens with one attached hydrogen (secondary N) is 1.